The SMILES string of the molecule is CC(C)(C)OC(=O)CC[C@@H](NC=O)C(=O)OC(C)(C)C. The maximum absolute atomic E-state index is 11.9. The van der Waals surface area contributed by atoms with Crippen LogP contribution in [0.25, 0.3) is 0 Å². The van der Waals surface area contributed by atoms with Crippen LogP contribution in [0.4, 0.5) is 0 Å². The molecular formula is C14H25NO5. The standard InChI is InChI=1S/C14H25NO5/c1-13(2,3)19-11(17)8-7-10(15-9-16)12(18)20-14(4,5)6/h9-10H,7-8H2,1-6H3,(H,15,16)/t10-/m1/s1. The molecule has 0 saturated heterocycles. The molecule has 0 aliphatic heterocycles. The Morgan fingerprint density at radius 1 is 1.05 bits per heavy atom. The molecule has 20 heavy (non-hydrogen) atoms. The molecule has 0 aliphatic rings. The topological polar surface area (TPSA) is 81.7 Å². The summed E-state index contributed by atoms with van der Waals surface area (Å²) >= 11 is 0. The molecule has 0 aromatic carbocycles. The maximum atomic E-state index is 11.9. The third kappa shape index (κ3) is 9.35. The van der Waals surface area contributed by atoms with E-state index in [0.29, 0.717) is 6.41 Å². The Hall–Kier alpha value is -1.59. The van der Waals surface area contributed by atoms with Crippen LogP contribution >= 0.6 is 0 Å². The molecule has 6 heteroatoms. The fourth-order valence-electron chi connectivity index (χ4n) is 1.38. The highest BCUT2D eigenvalue weighted by molar-refractivity contribution is 5.79. The summed E-state index contributed by atoms with van der Waals surface area (Å²) in [7, 11) is 0. The summed E-state index contributed by atoms with van der Waals surface area (Å²) in [6.07, 6.45) is 0.592. The van der Waals surface area contributed by atoms with Crippen molar-refractivity contribution in [2.24, 2.45) is 0 Å². The molecule has 0 heterocycles. The Balaban J connectivity index is 4.45. The van der Waals surface area contributed by atoms with Gasteiger partial charge in [0.15, 0.2) is 0 Å². The lowest BCUT2D eigenvalue weighted by molar-refractivity contribution is -0.159. The van der Waals surface area contributed by atoms with Crippen molar-refractivity contribution in [3.63, 3.8) is 0 Å². The molecule has 1 atom stereocenters. The molecule has 0 rings (SSSR count). The highest BCUT2D eigenvalue weighted by Gasteiger charge is 2.26. The number of carbonyl (C=O) groups excluding carboxylic acids is 3. The van der Waals surface area contributed by atoms with E-state index >= 15 is 0 Å². The highest BCUT2D eigenvalue weighted by Crippen LogP contribution is 2.13. The van der Waals surface area contributed by atoms with Gasteiger partial charge in [-0.1, -0.05) is 0 Å². The first-order valence-corrected chi connectivity index (χ1v) is 6.59. The van der Waals surface area contributed by atoms with Crippen LogP contribution in [0, 0.1) is 0 Å². The molecule has 6 nitrogen and oxygen atoms in total. The fraction of sp³-hybridized carbons (Fsp3) is 0.786. The molecule has 1 amide bonds. The molecular weight excluding hydrogens is 262 g/mol. The van der Waals surface area contributed by atoms with Crippen LogP contribution in [0.2, 0.25) is 0 Å². The number of rotatable bonds is 6. The normalized spacial score (nSPS) is 13.3. The van der Waals surface area contributed by atoms with E-state index in [9.17, 15) is 14.4 Å². The van der Waals surface area contributed by atoms with Gasteiger partial charge in [-0.2, -0.15) is 0 Å². The summed E-state index contributed by atoms with van der Waals surface area (Å²) in [5.41, 5.74) is -1.22. The molecule has 1 N–H and O–H groups in total. The smallest absolute Gasteiger partial charge is 0.329 e. The van der Waals surface area contributed by atoms with Crippen LogP contribution in [-0.2, 0) is 23.9 Å². The Morgan fingerprint density at radius 2 is 1.55 bits per heavy atom. The predicted octanol–water partition coefficient (Wildman–Crippen LogP) is 1.56. The summed E-state index contributed by atoms with van der Waals surface area (Å²) in [5.74, 6) is -0.980. The molecule has 116 valence electrons. The minimum atomic E-state index is -0.848. The van der Waals surface area contributed by atoms with Gasteiger partial charge in [-0.15, -0.1) is 0 Å². The fourth-order valence-corrected chi connectivity index (χ4v) is 1.38. The van der Waals surface area contributed by atoms with Gasteiger partial charge in [-0.05, 0) is 48.0 Å². The molecule has 0 aliphatic carbocycles. The van der Waals surface area contributed by atoms with Crippen molar-refractivity contribution in [1.29, 1.82) is 0 Å². The second-order valence-electron chi connectivity index (χ2n) is 6.50. The number of amides is 1. The minimum Gasteiger partial charge on any atom is -0.460 e. The molecule has 0 unspecified atom stereocenters. The number of esters is 2. The van der Waals surface area contributed by atoms with E-state index in [2.05, 4.69) is 5.32 Å². The van der Waals surface area contributed by atoms with E-state index in [1.54, 1.807) is 41.5 Å². The molecule has 0 aromatic rings. The summed E-state index contributed by atoms with van der Waals surface area (Å²) < 4.78 is 10.3. The van der Waals surface area contributed by atoms with E-state index in [1.807, 2.05) is 0 Å². The van der Waals surface area contributed by atoms with Crippen LogP contribution < -0.4 is 5.32 Å². The first-order valence-electron chi connectivity index (χ1n) is 6.59. The first-order chi connectivity index (χ1) is 8.94. The van der Waals surface area contributed by atoms with Crippen molar-refractivity contribution in [2.75, 3.05) is 0 Å². The van der Waals surface area contributed by atoms with Crippen molar-refractivity contribution >= 4 is 18.3 Å². The number of carbonyl (C=O) groups is 3. The van der Waals surface area contributed by atoms with E-state index < -0.39 is 29.2 Å². The molecule has 0 saturated carbocycles. The van der Waals surface area contributed by atoms with Crippen LogP contribution in [0.1, 0.15) is 54.4 Å². The van der Waals surface area contributed by atoms with Gasteiger partial charge in [-0.25, -0.2) is 4.79 Å². The van der Waals surface area contributed by atoms with Gasteiger partial charge in [0.1, 0.15) is 17.2 Å². The van der Waals surface area contributed by atoms with Gasteiger partial charge in [0.05, 0.1) is 0 Å². The monoisotopic (exact) mass is 287 g/mol. The lowest BCUT2D eigenvalue weighted by Crippen LogP contribution is -2.41. The van der Waals surface area contributed by atoms with Crippen LogP contribution in [-0.4, -0.2) is 35.6 Å². The first kappa shape index (κ1) is 18.4. The third-order valence-corrected chi connectivity index (χ3v) is 2.02. The summed E-state index contributed by atoms with van der Waals surface area (Å²) in [4.78, 5) is 34.0. The van der Waals surface area contributed by atoms with Crippen molar-refractivity contribution in [3.05, 3.63) is 0 Å². The number of hydrogen-bond acceptors (Lipinski definition) is 5. The highest BCUT2D eigenvalue weighted by atomic mass is 16.6. The van der Waals surface area contributed by atoms with Crippen molar-refractivity contribution in [3.8, 4) is 0 Å². The Bertz CT molecular complexity index is 352. The van der Waals surface area contributed by atoms with Gasteiger partial charge in [0.25, 0.3) is 0 Å². The van der Waals surface area contributed by atoms with Gasteiger partial charge in [0.2, 0.25) is 6.41 Å². The van der Waals surface area contributed by atoms with E-state index in [4.69, 9.17) is 9.47 Å². The summed E-state index contributed by atoms with van der Waals surface area (Å²) in [5, 5.41) is 2.36. The second-order valence-corrected chi connectivity index (χ2v) is 6.50. The zero-order valence-corrected chi connectivity index (χ0v) is 13.1. The lowest BCUT2D eigenvalue weighted by atomic mass is 10.1. The van der Waals surface area contributed by atoms with E-state index in [-0.39, 0.29) is 12.8 Å². The van der Waals surface area contributed by atoms with Crippen molar-refractivity contribution in [1.82, 2.24) is 5.32 Å². The average molecular weight is 287 g/mol. The Kier molecular flexibility index (Phi) is 6.68. The third-order valence-electron chi connectivity index (χ3n) is 2.02. The van der Waals surface area contributed by atoms with Crippen LogP contribution in [0.3, 0.4) is 0 Å². The molecule has 0 bridgehead atoms. The number of ether oxygens (including phenoxy) is 2. The van der Waals surface area contributed by atoms with Crippen LogP contribution in [0.15, 0.2) is 0 Å². The summed E-state index contributed by atoms with van der Waals surface area (Å²) in [6.45, 7) is 10.5. The van der Waals surface area contributed by atoms with Gasteiger partial charge < -0.3 is 14.8 Å². The molecule has 0 aromatic heterocycles. The minimum absolute atomic E-state index is 0.0298. The van der Waals surface area contributed by atoms with Gasteiger partial charge in [0, 0.05) is 6.42 Å². The van der Waals surface area contributed by atoms with Crippen molar-refractivity contribution in [2.45, 2.75) is 71.6 Å². The second kappa shape index (κ2) is 7.26. The number of nitrogens with one attached hydrogen (secondary N) is 1. The van der Waals surface area contributed by atoms with E-state index in [0.717, 1.165) is 0 Å². The van der Waals surface area contributed by atoms with Gasteiger partial charge >= 0.3 is 11.9 Å². The largest absolute Gasteiger partial charge is 0.460 e. The zero-order chi connectivity index (χ0) is 16.0. The zero-order valence-electron chi connectivity index (χ0n) is 13.1. The van der Waals surface area contributed by atoms with E-state index in [1.165, 1.54) is 0 Å². The molecule has 0 fully saturated rings. The molecule has 0 spiro atoms. The molecule has 0 radical (unpaired) electrons. The lowest BCUT2D eigenvalue weighted by Gasteiger charge is -2.24. The predicted molar refractivity (Wildman–Crippen MR) is 73.9 cm³/mol. The number of hydrogen-bond donors (Lipinski definition) is 1. The Morgan fingerprint density at radius 3 is 1.95 bits per heavy atom. The Labute approximate surface area is 120 Å². The van der Waals surface area contributed by atoms with Crippen LogP contribution in [0.5, 0.6) is 0 Å². The van der Waals surface area contributed by atoms with Gasteiger partial charge in [-0.3, -0.25) is 9.59 Å². The quantitative estimate of drug-likeness (QED) is 0.592. The maximum Gasteiger partial charge on any atom is 0.329 e. The average Bonchev–Trinajstić information content (AvgIpc) is 2.18. The van der Waals surface area contributed by atoms with Crippen molar-refractivity contribution < 1.29 is 23.9 Å². The summed E-state index contributed by atoms with van der Waals surface area (Å²) in [6, 6.07) is -0.848.